The first-order valence-corrected chi connectivity index (χ1v) is 12.1. The fraction of sp³-hybridized carbons (Fsp3) is 0.500. The number of anilines is 2. The van der Waals surface area contributed by atoms with Crippen LogP contribution in [0, 0.1) is 5.92 Å². The third kappa shape index (κ3) is 8.43. The molecule has 9 heteroatoms. The number of nitrogens with zero attached hydrogens (tertiary/aromatic N) is 1. The van der Waals surface area contributed by atoms with Gasteiger partial charge in [-0.15, -0.1) is 0 Å². The van der Waals surface area contributed by atoms with Crippen molar-refractivity contribution in [3.63, 3.8) is 0 Å². The van der Waals surface area contributed by atoms with Crippen LogP contribution in [0.4, 0.5) is 24.5 Å². The third-order valence-corrected chi connectivity index (χ3v) is 5.85. The maximum atomic E-state index is 13.8. The Balaban J connectivity index is 1.52. The van der Waals surface area contributed by atoms with Crippen LogP contribution >= 0.6 is 0 Å². The molecule has 0 bridgehead atoms. The topological polar surface area (TPSA) is 65.6 Å². The number of alkyl halides is 3. The fourth-order valence-corrected chi connectivity index (χ4v) is 4.08. The van der Waals surface area contributed by atoms with Crippen molar-refractivity contribution in [1.82, 2.24) is 10.6 Å². The summed E-state index contributed by atoms with van der Waals surface area (Å²) in [5.41, 5.74) is 2.13. The molecule has 1 aliphatic heterocycles. The Morgan fingerprint density at radius 3 is 2.26 bits per heavy atom. The summed E-state index contributed by atoms with van der Waals surface area (Å²) in [6, 6.07) is 12.8. The molecule has 3 N–H and O–H groups in total. The molecule has 2 aromatic carbocycles. The van der Waals surface area contributed by atoms with Gasteiger partial charge in [-0.05, 0) is 42.2 Å². The third-order valence-electron chi connectivity index (χ3n) is 5.85. The van der Waals surface area contributed by atoms with Crippen molar-refractivity contribution in [3.05, 3.63) is 60.2 Å². The molecule has 0 radical (unpaired) electrons. The van der Waals surface area contributed by atoms with E-state index in [0.29, 0.717) is 19.5 Å². The van der Waals surface area contributed by atoms with Crippen LogP contribution < -0.4 is 20.9 Å². The number of nitrogens with one attached hydrogen (secondary N) is 3. The standard InChI is InChI=1S/C26H35F3N4O2/c1-19(2)18-23(32-24(26(27,28)29)20-6-4-3-5-7-20)25(34)31-13-12-30-21-8-10-22(11-9-21)33-14-16-35-17-15-33/h3-11,19,23-24,30,32H,12-18H2,1-2H3,(H,31,34)/t23-,24?/m0/s1. The van der Waals surface area contributed by atoms with Crippen LogP contribution in [0.3, 0.4) is 0 Å². The van der Waals surface area contributed by atoms with Crippen molar-refractivity contribution in [3.8, 4) is 0 Å². The number of ether oxygens (including phenoxy) is 1. The number of carbonyl (C=O) groups is 1. The number of hydrogen-bond acceptors (Lipinski definition) is 5. The lowest BCUT2D eigenvalue weighted by molar-refractivity contribution is -0.161. The zero-order valence-corrected chi connectivity index (χ0v) is 20.3. The minimum Gasteiger partial charge on any atom is -0.383 e. The summed E-state index contributed by atoms with van der Waals surface area (Å²) in [6.07, 6.45) is -4.23. The maximum absolute atomic E-state index is 13.8. The van der Waals surface area contributed by atoms with Crippen LogP contribution in [0.5, 0.6) is 0 Å². The van der Waals surface area contributed by atoms with Gasteiger partial charge in [-0.1, -0.05) is 44.2 Å². The van der Waals surface area contributed by atoms with Crippen LogP contribution in [0.2, 0.25) is 0 Å². The maximum Gasteiger partial charge on any atom is 0.407 e. The van der Waals surface area contributed by atoms with Gasteiger partial charge in [0.15, 0.2) is 0 Å². The Labute approximate surface area is 205 Å². The van der Waals surface area contributed by atoms with Gasteiger partial charge in [0, 0.05) is 37.6 Å². The Bertz CT molecular complexity index is 901. The zero-order valence-electron chi connectivity index (χ0n) is 20.3. The van der Waals surface area contributed by atoms with Crippen molar-refractivity contribution in [1.29, 1.82) is 0 Å². The number of benzene rings is 2. The highest BCUT2D eigenvalue weighted by atomic mass is 19.4. The van der Waals surface area contributed by atoms with Gasteiger partial charge < -0.3 is 20.3 Å². The van der Waals surface area contributed by atoms with Gasteiger partial charge in [-0.3, -0.25) is 10.1 Å². The van der Waals surface area contributed by atoms with Gasteiger partial charge >= 0.3 is 6.18 Å². The molecule has 1 heterocycles. The van der Waals surface area contributed by atoms with Crippen molar-refractivity contribution in [2.45, 2.75) is 38.5 Å². The van der Waals surface area contributed by atoms with E-state index >= 15 is 0 Å². The molecule has 35 heavy (non-hydrogen) atoms. The number of hydrogen-bond donors (Lipinski definition) is 3. The molecule has 3 rings (SSSR count). The molecular formula is C26H35F3N4O2. The lowest BCUT2D eigenvalue weighted by atomic mass is 9.99. The normalized spacial score (nSPS) is 16.1. The van der Waals surface area contributed by atoms with E-state index in [2.05, 4.69) is 20.9 Å². The van der Waals surface area contributed by atoms with Crippen molar-refractivity contribution >= 4 is 17.3 Å². The fourth-order valence-electron chi connectivity index (χ4n) is 4.08. The lowest BCUT2D eigenvalue weighted by Crippen LogP contribution is -2.50. The average Bonchev–Trinajstić information content (AvgIpc) is 2.84. The highest BCUT2D eigenvalue weighted by molar-refractivity contribution is 5.81. The van der Waals surface area contributed by atoms with E-state index in [1.807, 2.05) is 38.1 Å². The smallest absolute Gasteiger partial charge is 0.383 e. The van der Waals surface area contributed by atoms with Gasteiger partial charge in [0.25, 0.3) is 0 Å². The van der Waals surface area contributed by atoms with Crippen LogP contribution in [-0.2, 0) is 9.53 Å². The molecule has 1 saturated heterocycles. The van der Waals surface area contributed by atoms with E-state index in [4.69, 9.17) is 4.74 Å². The second-order valence-electron chi connectivity index (χ2n) is 9.10. The molecule has 2 aromatic rings. The quantitative estimate of drug-likeness (QED) is 0.407. The Hall–Kier alpha value is -2.78. The Kier molecular flexibility index (Phi) is 9.80. The van der Waals surface area contributed by atoms with Crippen LogP contribution in [0.1, 0.15) is 31.9 Å². The zero-order chi connectivity index (χ0) is 25.3. The molecule has 2 atom stereocenters. The summed E-state index contributed by atoms with van der Waals surface area (Å²) in [5.74, 6) is -0.389. The number of amides is 1. The van der Waals surface area contributed by atoms with Gasteiger partial charge in [-0.2, -0.15) is 13.2 Å². The van der Waals surface area contributed by atoms with Gasteiger partial charge in [0.05, 0.1) is 19.3 Å². The van der Waals surface area contributed by atoms with E-state index in [-0.39, 0.29) is 11.5 Å². The summed E-state index contributed by atoms with van der Waals surface area (Å²) in [6.45, 7) is 7.70. The first-order valence-electron chi connectivity index (χ1n) is 12.1. The van der Waals surface area contributed by atoms with E-state index in [0.717, 1.165) is 37.7 Å². The molecule has 1 fully saturated rings. The van der Waals surface area contributed by atoms with Gasteiger partial charge in [0.1, 0.15) is 6.04 Å². The number of rotatable bonds is 11. The monoisotopic (exact) mass is 492 g/mol. The summed E-state index contributed by atoms with van der Waals surface area (Å²) in [5, 5.41) is 8.59. The van der Waals surface area contributed by atoms with E-state index in [1.54, 1.807) is 18.2 Å². The molecule has 0 aliphatic carbocycles. The van der Waals surface area contributed by atoms with E-state index in [9.17, 15) is 18.0 Å². The Morgan fingerprint density at radius 1 is 1.00 bits per heavy atom. The van der Waals surface area contributed by atoms with E-state index < -0.39 is 24.2 Å². The molecule has 1 aliphatic rings. The minimum atomic E-state index is -4.52. The second-order valence-corrected chi connectivity index (χ2v) is 9.10. The highest BCUT2D eigenvalue weighted by Crippen LogP contribution is 2.33. The van der Waals surface area contributed by atoms with Crippen molar-refractivity contribution in [2.24, 2.45) is 5.92 Å². The average molecular weight is 493 g/mol. The summed E-state index contributed by atoms with van der Waals surface area (Å²) >= 11 is 0. The summed E-state index contributed by atoms with van der Waals surface area (Å²) in [4.78, 5) is 15.1. The van der Waals surface area contributed by atoms with Crippen LogP contribution in [0.15, 0.2) is 54.6 Å². The summed E-state index contributed by atoms with van der Waals surface area (Å²) < 4.78 is 46.8. The molecule has 0 spiro atoms. The molecule has 0 aromatic heterocycles. The predicted octanol–water partition coefficient (Wildman–Crippen LogP) is 4.36. The van der Waals surface area contributed by atoms with Crippen LogP contribution in [-0.4, -0.2) is 57.5 Å². The predicted molar refractivity (Wildman–Crippen MR) is 133 cm³/mol. The molecule has 192 valence electrons. The molecule has 1 unspecified atom stereocenters. The van der Waals surface area contributed by atoms with Gasteiger partial charge in [0.2, 0.25) is 5.91 Å². The van der Waals surface area contributed by atoms with E-state index in [1.165, 1.54) is 12.1 Å². The highest BCUT2D eigenvalue weighted by Gasteiger charge is 2.42. The molecule has 0 saturated carbocycles. The summed E-state index contributed by atoms with van der Waals surface area (Å²) in [7, 11) is 0. The molecule has 6 nitrogen and oxygen atoms in total. The number of carbonyl (C=O) groups excluding carboxylic acids is 1. The van der Waals surface area contributed by atoms with Crippen molar-refractivity contribution < 1.29 is 22.7 Å². The lowest BCUT2D eigenvalue weighted by Gasteiger charge is -2.29. The minimum absolute atomic E-state index is 0.0472. The SMILES string of the molecule is CC(C)C[C@H](NC(c1ccccc1)C(F)(F)F)C(=O)NCCNc1ccc(N2CCOCC2)cc1. The largest absolute Gasteiger partial charge is 0.407 e. The van der Waals surface area contributed by atoms with Crippen molar-refractivity contribution in [2.75, 3.05) is 49.6 Å². The second kappa shape index (κ2) is 12.8. The Morgan fingerprint density at radius 2 is 1.66 bits per heavy atom. The first kappa shape index (κ1) is 26.8. The molecular weight excluding hydrogens is 457 g/mol. The molecule has 1 amide bonds. The number of morpholine rings is 1. The first-order chi connectivity index (χ1) is 16.7. The van der Waals surface area contributed by atoms with Crippen LogP contribution in [0.25, 0.3) is 0 Å². The van der Waals surface area contributed by atoms with Gasteiger partial charge in [-0.25, -0.2) is 0 Å². The number of halogens is 3.